The smallest absolute Gasteiger partial charge is 0.286 e. The van der Waals surface area contributed by atoms with Gasteiger partial charge in [-0.15, -0.1) is 0 Å². The van der Waals surface area contributed by atoms with Gasteiger partial charge in [0.15, 0.2) is 11.0 Å². The predicted molar refractivity (Wildman–Crippen MR) is 83.6 cm³/mol. The molecule has 0 aliphatic carbocycles. The van der Waals surface area contributed by atoms with E-state index in [9.17, 15) is 21.6 Å². The molecule has 0 aliphatic heterocycles. The van der Waals surface area contributed by atoms with Gasteiger partial charge in [0.2, 0.25) is 0 Å². The van der Waals surface area contributed by atoms with Crippen LogP contribution in [0.1, 0.15) is 24.7 Å². The minimum absolute atomic E-state index is 0.0805. The zero-order valence-electron chi connectivity index (χ0n) is 13.1. The molecule has 0 saturated carbocycles. The molecule has 0 spiro atoms. The quantitative estimate of drug-likeness (QED) is 0.635. The highest BCUT2D eigenvalue weighted by molar-refractivity contribution is 7.85. The fourth-order valence-corrected chi connectivity index (χ4v) is 3.54. The number of fused-ring (bicyclic) bond motifs is 1. The number of nitrogens with zero attached hydrogens (tertiary/aromatic N) is 2. The van der Waals surface area contributed by atoms with Crippen LogP contribution in [0, 0.1) is 6.92 Å². The third-order valence-corrected chi connectivity index (χ3v) is 4.95. The van der Waals surface area contributed by atoms with Crippen LogP contribution >= 0.6 is 11.6 Å². The molecule has 0 fully saturated rings. The standard InChI is InChI=1S/C14H16ClF3N2O3S/c1-3-19-9(2)20(5-4-6-24(21,22)23)12-7-10(14(16,17)18)11(15)8-13(12)19/h7-8H,3-6H2,1-2H3/p+1. The van der Waals surface area contributed by atoms with Crippen LogP contribution in [0.4, 0.5) is 13.2 Å². The van der Waals surface area contributed by atoms with Crippen LogP contribution in [0.5, 0.6) is 0 Å². The zero-order chi connectivity index (χ0) is 18.3. The first kappa shape index (κ1) is 19.0. The fourth-order valence-electron chi connectivity index (χ4n) is 2.78. The van der Waals surface area contributed by atoms with Crippen molar-refractivity contribution in [3.63, 3.8) is 0 Å². The van der Waals surface area contributed by atoms with Gasteiger partial charge in [-0.3, -0.25) is 4.55 Å². The van der Waals surface area contributed by atoms with Crippen LogP contribution in [0.25, 0.3) is 11.0 Å². The first-order valence-electron chi connectivity index (χ1n) is 7.20. The SMILES string of the molecule is CCn1c(C)[n+](CCCS(=O)(=O)O)c2cc(C(F)(F)F)c(Cl)cc21. The van der Waals surface area contributed by atoms with Gasteiger partial charge in [0.25, 0.3) is 15.9 Å². The van der Waals surface area contributed by atoms with Crippen LogP contribution in [-0.4, -0.2) is 23.3 Å². The molecule has 134 valence electrons. The molecule has 0 atom stereocenters. The molecule has 2 rings (SSSR count). The van der Waals surface area contributed by atoms with Crippen molar-refractivity contribution in [3.05, 3.63) is 28.5 Å². The van der Waals surface area contributed by atoms with Crippen molar-refractivity contribution in [3.8, 4) is 0 Å². The summed E-state index contributed by atoms with van der Waals surface area (Å²) in [5.74, 6) is 0.219. The Morgan fingerprint density at radius 1 is 1.33 bits per heavy atom. The van der Waals surface area contributed by atoms with E-state index in [4.69, 9.17) is 16.2 Å². The number of imidazole rings is 1. The number of alkyl halides is 3. The van der Waals surface area contributed by atoms with Crippen molar-refractivity contribution >= 4 is 32.8 Å². The number of halogens is 4. The summed E-state index contributed by atoms with van der Waals surface area (Å²) in [6.07, 6.45) is -4.50. The topological polar surface area (TPSA) is 63.2 Å². The molecule has 0 bridgehead atoms. The molecule has 10 heteroatoms. The molecule has 1 aromatic heterocycles. The summed E-state index contributed by atoms with van der Waals surface area (Å²) in [6, 6.07) is 2.25. The summed E-state index contributed by atoms with van der Waals surface area (Å²) in [6.45, 7) is 4.27. The molecule has 0 radical (unpaired) electrons. The van der Waals surface area contributed by atoms with E-state index in [1.54, 1.807) is 16.1 Å². The van der Waals surface area contributed by atoms with Gasteiger partial charge in [-0.25, -0.2) is 9.13 Å². The van der Waals surface area contributed by atoms with Gasteiger partial charge >= 0.3 is 6.18 Å². The molecule has 0 saturated heterocycles. The number of hydrogen-bond acceptors (Lipinski definition) is 2. The fraction of sp³-hybridized carbons (Fsp3) is 0.500. The lowest BCUT2D eigenvalue weighted by molar-refractivity contribution is -0.678. The predicted octanol–water partition coefficient (Wildman–Crippen LogP) is 3.21. The van der Waals surface area contributed by atoms with Crippen LogP contribution < -0.4 is 4.57 Å². The van der Waals surface area contributed by atoms with Gasteiger partial charge in [-0.05, 0) is 6.92 Å². The Labute approximate surface area is 142 Å². The van der Waals surface area contributed by atoms with Crippen LogP contribution in [0.15, 0.2) is 12.1 Å². The molecule has 24 heavy (non-hydrogen) atoms. The molecule has 2 aromatic rings. The minimum atomic E-state index is -4.58. The van der Waals surface area contributed by atoms with E-state index in [0.29, 0.717) is 23.4 Å². The molecule has 1 N–H and O–H groups in total. The summed E-state index contributed by atoms with van der Waals surface area (Å²) < 4.78 is 73.2. The van der Waals surface area contributed by atoms with Gasteiger partial charge < -0.3 is 0 Å². The second kappa shape index (κ2) is 6.53. The maximum absolute atomic E-state index is 13.1. The monoisotopic (exact) mass is 385 g/mol. The molecule has 1 aromatic carbocycles. The number of benzene rings is 1. The van der Waals surface area contributed by atoms with Gasteiger partial charge in [0, 0.05) is 25.5 Å². The largest absolute Gasteiger partial charge is 0.418 e. The Kier molecular flexibility index (Phi) is 5.17. The number of aryl methyl sites for hydroxylation is 2. The number of rotatable bonds is 5. The maximum atomic E-state index is 13.1. The number of hydrogen-bond donors (Lipinski definition) is 1. The Hall–Kier alpha value is -1.32. The van der Waals surface area contributed by atoms with E-state index >= 15 is 0 Å². The van der Waals surface area contributed by atoms with Crippen molar-refractivity contribution in [2.24, 2.45) is 0 Å². The van der Waals surface area contributed by atoms with Gasteiger partial charge in [0.05, 0.1) is 29.4 Å². The van der Waals surface area contributed by atoms with E-state index in [2.05, 4.69) is 0 Å². The molecular weight excluding hydrogens is 369 g/mol. The van der Waals surface area contributed by atoms with E-state index in [0.717, 1.165) is 6.07 Å². The number of aromatic nitrogens is 2. The zero-order valence-corrected chi connectivity index (χ0v) is 14.6. The lowest BCUT2D eigenvalue weighted by Gasteiger charge is -2.08. The second-order valence-corrected chi connectivity index (χ2v) is 7.38. The first-order chi connectivity index (χ1) is 11.0. The Bertz CT molecular complexity index is 876. The average Bonchev–Trinajstić information content (AvgIpc) is 2.67. The average molecular weight is 386 g/mol. The highest BCUT2D eigenvalue weighted by atomic mass is 35.5. The van der Waals surface area contributed by atoms with Crippen molar-refractivity contribution in [1.82, 2.24) is 4.57 Å². The van der Waals surface area contributed by atoms with Crippen molar-refractivity contribution in [2.75, 3.05) is 5.75 Å². The van der Waals surface area contributed by atoms with Crippen molar-refractivity contribution in [1.29, 1.82) is 0 Å². The molecule has 0 amide bonds. The molecule has 1 heterocycles. The molecular formula is C14H17ClF3N2O3S+. The van der Waals surface area contributed by atoms with E-state index < -0.39 is 27.6 Å². The molecule has 0 unspecified atom stereocenters. The van der Waals surface area contributed by atoms with Crippen LogP contribution in [-0.2, 0) is 29.4 Å². The van der Waals surface area contributed by atoms with Crippen LogP contribution in [0.3, 0.4) is 0 Å². The Morgan fingerprint density at radius 2 is 1.96 bits per heavy atom. The molecule has 5 nitrogen and oxygen atoms in total. The van der Waals surface area contributed by atoms with E-state index in [1.165, 1.54) is 6.07 Å². The van der Waals surface area contributed by atoms with Gasteiger partial charge in [0.1, 0.15) is 0 Å². The van der Waals surface area contributed by atoms with E-state index in [1.807, 2.05) is 6.92 Å². The van der Waals surface area contributed by atoms with Gasteiger partial charge in [-0.1, -0.05) is 11.6 Å². The van der Waals surface area contributed by atoms with Crippen molar-refractivity contribution in [2.45, 2.75) is 39.5 Å². The van der Waals surface area contributed by atoms with E-state index in [-0.39, 0.29) is 18.0 Å². The van der Waals surface area contributed by atoms with Gasteiger partial charge in [-0.2, -0.15) is 21.6 Å². The lowest BCUT2D eigenvalue weighted by atomic mass is 10.2. The normalized spacial score (nSPS) is 13.0. The lowest BCUT2D eigenvalue weighted by Crippen LogP contribution is -2.37. The maximum Gasteiger partial charge on any atom is 0.418 e. The highest BCUT2D eigenvalue weighted by Crippen LogP contribution is 2.36. The second-order valence-electron chi connectivity index (χ2n) is 5.40. The minimum Gasteiger partial charge on any atom is -0.286 e. The molecule has 0 aliphatic rings. The first-order valence-corrected chi connectivity index (χ1v) is 9.19. The Balaban J connectivity index is 2.58. The third kappa shape index (κ3) is 3.84. The third-order valence-electron chi connectivity index (χ3n) is 3.83. The summed E-state index contributed by atoms with van der Waals surface area (Å²) in [4.78, 5) is 0. The summed E-state index contributed by atoms with van der Waals surface area (Å²) >= 11 is 5.79. The summed E-state index contributed by atoms with van der Waals surface area (Å²) in [7, 11) is -4.12. The summed E-state index contributed by atoms with van der Waals surface area (Å²) in [5.41, 5.74) is -0.0743. The van der Waals surface area contributed by atoms with Crippen molar-refractivity contribution < 1.29 is 30.7 Å². The summed E-state index contributed by atoms with van der Waals surface area (Å²) in [5, 5.41) is -0.382. The Morgan fingerprint density at radius 3 is 2.46 bits per heavy atom. The van der Waals surface area contributed by atoms with Crippen LogP contribution in [0.2, 0.25) is 5.02 Å². The highest BCUT2D eigenvalue weighted by Gasteiger charge is 2.35.